The van der Waals surface area contributed by atoms with Gasteiger partial charge in [0.25, 0.3) is 0 Å². The van der Waals surface area contributed by atoms with Gasteiger partial charge in [-0.2, -0.15) is 0 Å². The van der Waals surface area contributed by atoms with E-state index in [4.69, 9.17) is 5.73 Å². The molecule has 0 aliphatic heterocycles. The summed E-state index contributed by atoms with van der Waals surface area (Å²) in [5, 5.41) is 3.27. The molecule has 0 spiro atoms. The minimum absolute atomic E-state index is 0.0402. The fraction of sp³-hybridized carbons (Fsp3) is 0.938. The number of nitrogens with one attached hydrogen (secondary N) is 1. The van der Waals surface area contributed by atoms with E-state index in [2.05, 4.69) is 26.1 Å². The second-order valence-electron chi connectivity index (χ2n) is 7.07. The highest BCUT2D eigenvalue weighted by molar-refractivity contribution is 5.79. The van der Waals surface area contributed by atoms with Gasteiger partial charge in [-0.05, 0) is 49.9 Å². The monoisotopic (exact) mass is 266 g/mol. The van der Waals surface area contributed by atoms with Crippen molar-refractivity contribution in [3.63, 3.8) is 0 Å². The third-order valence-corrected chi connectivity index (χ3v) is 5.58. The Hall–Kier alpha value is -0.570. The number of nitrogens with two attached hydrogens (primary N) is 1. The minimum Gasteiger partial charge on any atom is -0.353 e. The second kappa shape index (κ2) is 6.25. The molecule has 6 atom stereocenters. The Morgan fingerprint density at radius 2 is 1.74 bits per heavy atom. The average molecular weight is 266 g/mol. The molecule has 3 N–H and O–H groups in total. The van der Waals surface area contributed by atoms with Crippen LogP contribution in [-0.4, -0.2) is 18.0 Å². The number of carbonyl (C=O) groups is 1. The molecule has 2 aliphatic rings. The van der Waals surface area contributed by atoms with Gasteiger partial charge in [-0.15, -0.1) is 0 Å². The van der Waals surface area contributed by atoms with Gasteiger partial charge >= 0.3 is 0 Å². The third kappa shape index (κ3) is 3.50. The van der Waals surface area contributed by atoms with E-state index < -0.39 is 0 Å². The molecule has 2 saturated carbocycles. The van der Waals surface area contributed by atoms with E-state index in [0.29, 0.717) is 12.0 Å². The third-order valence-electron chi connectivity index (χ3n) is 5.58. The SMILES string of the molecule is CC1CCC(NC(=O)C2CCCC(C)C2N)CC1C. The second-order valence-corrected chi connectivity index (χ2v) is 7.07. The van der Waals surface area contributed by atoms with Gasteiger partial charge in [0.05, 0.1) is 5.92 Å². The zero-order valence-electron chi connectivity index (χ0n) is 12.7. The van der Waals surface area contributed by atoms with E-state index in [1.807, 2.05) is 0 Å². The molecular weight excluding hydrogens is 236 g/mol. The normalized spacial score (nSPS) is 43.8. The molecule has 0 heterocycles. The fourth-order valence-electron chi connectivity index (χ4n) is 3.73. The highest BCUT2D eigenvalue weighted by atomic mass is 16.2. The molecule has 0 aromatic heterocycles. The van der Waals surface area contributed by atoms with Crippen LogP contribution in [0.5, 0.6) is 0 Å². The van der Waals surface area contributed by atoms with Gasteiger partial charge in [-0.3, -0.25) is 4.79 Å². The van der Waals surface area contributed by atoms with E-state index >= 15 is 0 Å². The summed E-state index contributed by atoms with van der Waals surface area (Å²) in [5.74, 6) is 2.25. The first-order valence-corrected chi connectivity index (χ1v) is 8.05. The molecule has 1 amide bonds. The van der Waals surface area contributed by atoms with E-state index in [0.717, 1.165) is 37.5 Å². The van der Waals surface area contributed by atoms with E-state index in [1.165, 1.54) is 12.8 Å². The predicted octanol–water partition coefficient (Wildman–Crippen LogP) is 2.69. The van der Waals surface area contributed by atoms with Crippen molar-refractivity contribution in [2.75, 3.05) is 0 Å². The molecule has 19 heavy (non-hydrogen) atoms. The predicted molar refractivity (Wildman–Crippen MR) is 78.6 cm³/mol. The summed E-state index contributed by atoms with van der Waals surface area (Å²) >= 11 is 0. The summed E-state index contributed by atoms with van der Waals surface area (Å²) in [7, 11) is 0. The van der Waals surface area contributed by atoms with Crippen LogP contribution >= 0.6 is 0 Å². The molecule has 110 valence electrons. The van der Waals surface area contributed by atoms with Crippen LogP contribution < -0.4 is 11.1 Å². The summed E-state index contributed by atoms with van der Waals surface area (Å²) in [6, 6.07) is 0.428. The summed E-state index contributed by atoms with van der Waals surface area (Å²) in [6.07, 6.45) is 6.78. The summed E-state index contributed by atoms with van der Waals surface area (Å²) in [5.41, 5.74) is 6.22. The zero-order valence-corrected chi connectivity index (χ0v) is 12.7. The van der Waals surface area contributed by atoms with Gasteiger partial charge < -0.3 is 11.1 Å². The Morgan fingerprint density at radius 3 is 2.42 bits per heavy atom. The van der Waals surface area contributed by atoms with Crippen molar-refractivity contribution in [2.45, 2.75) is 71.4 Å². The first kappa shape index (κ1) is 14.8. The smallest absolute Gasteiger partial charge is 0.224 e. The van der Waals surface area contributed by atoms with E-state index in [-0.39, 0.29) is 17.9 Å². The van der Waals surface area contributed by atoms with Crippen LogP contribution in [0.2, 0.25) is 0 Å². The minimum atomic E-state index is 0.0402. The fourth-order valence-corrected chi connectivity index (χ4v) is 3.73. The molecule has 0 radical (unpaired) electrons. The molecule has 0 saturated heterocycles. The first-order chi connectivity index (χ1) is 8.99. The Morgan fingerprint density at radius 1 is 1.00 bits per heavy atom. The van der Waals surface area contributed by atoms with Crippen LogP contribution in [0.25, 0.3) is 0 Å². The average Bonchev–Trinajstić information content (AvgIpc) is 2.37. The molecule has 2 fully saturated rings. The topological polar surface area (TPSA) is 55.1 Å². The summed E-state index contributed by atoms with van der Waals surface area (Å²) in [4.78, 5) is 12.4. The lowest BCUT2D eigenvalue weighted by atomic mass is 9.76. The van der Waals surface area contributed by atoms with E-state index in [9.17, 15) is 4.79 Å². The molecule has 0 bridgehead atoms. The van der Waals surface area contributed by atoms with Crippen molar-refractivity contribution < 1.29 is 4.79 Å². The lowest BCUT2D eigenvalue weighted by Gasteiger charge is -2.36. The van der Waals surface area contributed by atoms with Crippen molar-refractivity contribution in [1.29, 1.82) is 0 Å². The van der Waals surface area contributed by atoms with Crippen LogP contribution in [0.1, 0.15) is 59.3 Å². The quantitative estimate of drug-likeness (QED) is 0.807. The molecule has 2 rings (SSSR count). The molecule has 6 unspecified atom stereocenters. The van der Waals surface area contributed by atoms with Crippen LogP contribution in [-0.2, 0) is 4.79 Å². The molecule has 2 aliphatic carbocycles. The number of hydrogen-bond donors (Lipinski definition) is 2. The van der Waals surface area contributed by atoms with Crippen molar-refractivity contribution in [3.8, 4) is 0 Å². The Labute approximate surface area is 117 Å². The molecule has 3 heteroatoms. The van der Waals surface area contributed by atoms with Gasteiger partial charge in [0.15, 0.2) is 0 Å². The van der Waals surface area contributed by atoms with Crippen molar-refractivity contribution in [1.82, 2.24) is 5.32 Å². The van der Waals surface area contributed by atoms with Crippen LogP contribution in [0, 0.1) is 23.7 Å². The first-order valence-electron chi connectivity index (χ1n) is 8.05. The number of rotatable bonds is 2. The van der Waals surface area contributed by atoms with E-state index in [1.54, 1.807) is 0 Å². The molecule has 0 aromatic carbocycles. The van der Waals surface area contributed by atoms with Crippen LogP contribution in [0.15, 0.2) is 0 Å². The van der Waals surface area contributed by atoms with Gasteiger partial charge in [-0.25, -0.2) is 0 Å². The highest BCUT2D eigenvalue weighted by Crippen LogP contribution is 2.31. The number of carbonyl (C=O) groups excluding carboxylic acids is 1. The van der Waals surface area contributed by atoms with Crippen molar-refractivity contribution in [3.05, 3.63) is 0 Å². The zero-order chi connectivity index (χ0) is 14.0. The van der Waals surface area contributed by atoms with Gasteiger partial charge in [-0.1, -0.05) is 27.2 Å². The Balaban J connectivity index is 1.87. The Bertz CT molecular complexity index is 318. The largest absolute Gasteiger partial charge is 0.353 e. The maximum atomic E-state index is 12.4. The van der Waals surface area contributed by atoms with Crippen LogP contribution in [0.3, 0.4) is 0 Å². The van der Waals surface area contributed by atoms with Crippen LogP contribution in [0.4, 0.5) is 0 Å². The molecule has 3 nitrogen and oxygen atoms in total. The van der Waals surface area contributed by atoms with Crippen molar-refractivity contribution >= 4 is 5.91 Å². The lowest BCUT2D eigenvalue weighted by molar-refractivity contribution is -0.128. The maximum absolute atomic E-state index is 12.4. The van der Waals surface area contributed by atoms with Crippen molar-refractivity contribution in [2.24, 2.45) is 29.4 Å². The van der Waals surface area contributed by atoms with Gasteiger partial charge in [0.2, 0.25) is 5.91 Å². The van der Waals surface area contributed by atoms with Gasteiger partial charge in [0, 0.05) is 12.1 Å². The lowest BCUT2D eigenvalue weighted by Crippen LogP contribution is -2.50. The summed E-state index contributed by atoms with van der Waals surface area (Å²) < 4.78 is 0. The van der Waals surface area contributed by atoms with Gasteiger partial charge in [0.1, 0.15) is 0 Å². The maximum Gasteiger partial charge on any atom is 0.224 e. The standard InChI is InChI=1S/C16H30N2O/c1-10-7-8-13(9-12(10)3)18-16(19)14-6-4-5-11(2)15(14)17/h10-15H,4-9,17H2,1-3H3,(H,18,19). The highest BCUT2D eigenvalue weighted by Gasteiger charge is 2.34. The molecular formula is C16H30N2O. The molecule has 0 aromatic rings. The summed E-state index contributed by atoms with van der Waals surface area (Å²) in [6.45, 7) is 6.80. The Kier molecular flexibility index (Phi) is 4.88. The number of amides is 1. The number of hydrogen-bond acceptors (Lipinski definition) is 2.